The van der Waals surface area contributed by atoms with Crippen LogP contribution in [-0.2, 0) is 4.79 Å². The van der Waals surface area contributed by atoms with E-state index in [0.29, 0.717) is 16.0 Å². The maximum Gasteiger partial charge on any atom is 0.271 e. The fourth-order valence-corrected chi connectivity index (χ4v) is 4.46. The Balaban J connectivity index is 1.65. The van der Waals surface area contributed by atoms with Crippen molar-refractivity contribution in [3.8, 4) is 17.1 Å². The average molecular weight is 526 g/mol. The van der Waals surface area contributed by atoms with E-state index in [4.69, 9.17) is 11.6 Å². The first-order valence-electron chi connectivity index (χ1n) is 10.9. The van der Waals surface area contributed by atoms with Crippen molar-refractivity contribution < 1.29 is 14.1 Å². The summed E-state index contributed by atoms with van der Waals surface area (Å²) in [6.07, 6.45) is 0. The summed E-state index contributed by atoms with van der Waals surface area (Å²) in [7, 11) is 0. The van der Waals surface area contributed by atoms with Gasteiger partial charge in [-0.25, -0.2) is 4.39 Å². The Labute approximate surface area is 215 Å². The van der Waals surface area contributed by atoms with E-state index < -0.39 is 16.6 Å². The van der Waals surface area contributed by atoms with Gasteiger partial charge >= 0.3 is 0 Å². The fourth-order valence-electron chi connectivity index (χ4n) is 3.58. The van der Waals surface area contributed by atoms with Crippen molar-refractivity contribution >= 4 is 40.6 Å². The topological polar surface area (TPSA) is 103 Å². The van der Waals surface area contributed by atoms with E-state index in [1.165, 1.54) is 0 Å². The van der Waals surface area contributed by atoms with Gasteiger partial charge in [0, 0.05) is 22.7 Å². The predicted molar refractivity (Wildman–Crippen MR) is 138 cm³/mol. The Morgan fingerprint density at radius 2 is 1.86 bits per heavy atom. The van der Waals surface area contributed by atoms with Gasteiger partial charge in [-0.1, -0.05) is 55.4 Å². The second-order valence-corrected chi connectivity index (χ2v) is 9.50. The minimum absolute atomic E-state index is 0.120. The van der Waals surface area contributed by atoms with Crippen molar-refractivity contribution in [2.75, 3.05) is 11.1 Å². The summed E-state index contributed by atoms with van der Waals surface area (Å²) in [5.74, 6) is -0.644. The lowest BCUT2D eigenvalue weighted by Crippen LogP contribution is -2.16. The van der Waals surface area contributed by atoms with E-state index in [0.717, 1.165) is 46.8 Å². The molecule has 0 unspecified atom stereocenters. The first-order chi connectivity index (χ1) is 17.2. The molecule has 3 aromatic carbocycles. The molecule has 0 bridgehead atoms. The van der Waals surface area contributed by atoms with E-state index in [9.17, 15) is 19.3 Å². The molecular formula is C25H21ClFN5O3S. The van der Waals surface area contributed by atoms with Crippen molar-refractivity contribution in [2.45, 2.75) is 24.9 Å². The Morgan fingerprint density at radius 1 is 1.14 bits per heavy atom. The Morgan fingerprint density at radius 3 is 2.56 bits per heavy atom. The molecule has 36 heavy (non-hydrogen) atoms. The number of amides is 1. The van der Waals surface area contributed by atoms with Gasteiger partial charge in [-0.05, 0) is 47.9 Å². The van der Waals surface area contributed by atoms with Crippen molar-refractivity contribution in [1.29, 1.82) is 0 Å². The number of nitro benzene ring substituents is 1. The van der Waals surface area contributed by atoms with Crippen LogP contribution < -0.4 is 5.32 Å². The van der Waals surface area contributed by atoms with Gasteiger partial charge in [0.15, 0.2) is 11.0 Å². The maximum absolute atomic E-state index is 14.1. The number of carbonyl (C=O) groups excluding carboxylic acids is 1. The highest BCUT2D eigenvalue weighted by Gasteiger charge is 2.21. The summed E-state index contributed by atoms with van der Waals surface area (Å²) in [6.45, 7) is 4.16. The number of rotatable bonds is 8. The third-order valence-corrected chi connectivity index (χ3v) is 6.48. The molecule has 0 aliphatic carbocycles. The lowest BCUT2D eigenvalue weighted by Gasteiger charge is -2.17. The molecule has 0 aliphatic rings. The van der Waals surface area contributed by atoms with Crippen molar-refractivity contribution in [3.05, 3.63) is 93.2 Å². The molecule has 184 valence electrons. The summed E-state index contributed by atoms with van der Waals surface area (Å²) in [5.41, 5.74) is 2.15. The molecule has 0 fully saturated rings. The van der Waals surface area contributed by atoms with E-state index >= 15 is 0 Å². The minimum atomic E-state index is -0.766. The highest BCUT2D eigenvalue weighted by Crippen LogP contribution is 2.32. The lowest BCUT2D eigenvalue weighted by atomic mass is 10.0. The molecule has 0 saturated carbocycles. The van der Waals surface area contributed by atoms with Gasteiger partial charge in [0.2, 0.25) is 5.91 Å². The third kappa shape index (κ3) is 5.55. The second-order valence-electron chi connectivity index (χ2n) is 8.12. The van der Waals surface area contributed by atoms with Crippen LogP contribution in [0.2, 0.25) is 5.02 Å². The molecule has 11 heteroatoms. The number of non-ortho nitro benzene ring substituents is 1. The number of aromatic nitrogens is 3. The molecule has 1 aromatic heterocycles. The van der Waals surface area contributed by atoms with E-state index in [-0.39, 0.29) is 23.0 Å². The van der Waals surface area contributed by atoms with Crippen LogP contribution in [0.25, 0.3) is 17.1 Å². The molecule has 1 N–H and O–H groups in total. The van der Waals surface area contributed by atoms with Gasteiger partial charge in [-0.15, -0.1) is 10.2 Å². The molecular weight excluding hydrogens is 505 g/mol. The standard InChI is InChI=1S/C25H21ClFN5O3S/c1-15(2)19-5-3-4-6-22(19)31-24(16-7-9-17(26)10-8-16)29-30-25(31)36-14-23(33)28-21-13-18(32(34)35)11-12-20(21)27/h3-13,15H,14H2,1-2H3,(H,28,33). The number of carbonyl (C=O) groups is 1. The Hall–Kier alpha value is -3.76. The van der Waals surface area contributed by atoms with Crippen molar-refractivity contribution in [2.24, 2.45) is 0 Å². The average Bonchev–Trinajstić information content (AvgIpc) is 3.28. The van der Waals surface area contributed by atoms with Crippen molar-refractivity contribution in [3.63, 3.8) is 0 Å². The van der Waals surface area contributed by atoms with Crippen LogP contribution >= 0.6 is 23.4 Å². The first-order valence-corrected chi connectivity index (χ1v) is 12.3. The maximum atomic E-state index is 14.1. The SMILES string of the molecule is CC(C)c1ccccc1-n1c(SCC(=O)Nc2cc([N+](=O)[O-])ccc2F)nnc1-c1ccc(Cl)cc1. The van der Waals surface area contributed by atoms with Gasteiger partial charge in [0.1, 0.15) is 5.82 Å². The number of nitrogens with zero attached hydrogens (tertiary/aromatic N) is 4. The summed E-state index contributed by atoms with van der Waals surface area (Å²) < 4.78 is 16.0. The zero-order valence-electron chi connectivity index (χ0n) is 19.3. The number of halogens is 2. The zero-order valence-corrected chi connectivity index (χ0v) is 20.9. The predicted octanol–water partition coefficient (Wildman–Crippen LogP) is 6.49. The van der Waals surface area contributed by atoms with Crippen LogP contribution in [0, 0.1) is 15.9 Å². The van der Waals surface area contributed by atoms with Gasteiger partial charge in [-0.2, -0.15) is 0 Å². The number of benzene rings is 3. The molecule has 4 rings (SSSR count). The Kier molecular flexibility index (Phi) is 7.66. The van der Waals surface area contributed by atoms with Crippen LogP contribution in [0.15, 0.2) is 71.9 Å². The van der Waals surface area contributed by atoms with Crippen LogP contribution in [0.4, 0.5) is 15.8 Å². The number of hydrogen-bond acceptors (Lipinski definition) is 6. The van der Waals surface area contributed by atoms with Crippen LogP contribution in [0.3, 0.4) is 0 Å². The van der Waals surface area contributed by atoms with E-state index in [2.05, 4.69) is 29.4 Å². The van der Waals surface area contributed by atoms with Crippen LogP contribution in [0.1, 0.15) is 25.3 Å². The molecule has 0 spiro atoms. The molecule has 0 atom stereocenters. The number of nitro groups is 1. The quantitative estimate of drug-likeness (QED) is 0.160. The molecule has 0 saturated heterocycles. The number of thioether (sulfide) groups is 1. The van der Waals surface area contributed by atoms with E-state index in [1.807, 2.05) is 41.0 Å². The third-order valence-electron chi connectivity index (χ3n) is 5.30. The second kappa shape index (κ2) is 10.9. The van der Waals surface area contributed by atoms with Crippen LogP contribution in [-0.4, -0.2) is 31.3 Å². The molecule has 8 nitrogen and oxygen atoms in total. The molecule has 1 amide bonds. The first kappa shape index (κ1) is 25.3. The normalized spacial score (nSPS) is 11.0. The fraction of sp³-hybridized carbons (Fsp3) is 0.160. The number of hydrogen-bond donors (Lipinski definition) is 1. The highest BCUT2D eigenvalue weighted by molar-refractivity contribution is 7.99. The smallest absolute Gasteiger partial charge is 0.271 e. The van der Waals surface area contributed by atoms with Gasteiger partial charge in [-0.3, -0.25) is 19.5 Å². The van der Waals surface area contributed by atoms with Crippen molar-refractivity contribution in [1.82, 2.24) is 14.8 Å². The largest absolute Gasteiger partial charge is 0.323 e. The Bertz CT molecular complexity index is 1430. The molecule has 4 aromatic rings. The summed E-state index contributed by atoms with van der Waals surface area (Å²) >= 11 is 7.18. The van der Waals surface area contributed by atoms with Gasteiger partial charge < -0.3 is 5.32 Å². The highest BCUT2D eigenvalue weighted by atomic mass is 35.5. The van der Waals surface area contributed by atoms with Gasteiger partial charge in [0.25, 0.3) is 5.69 Å². The molecule has 1 heterocycles. The number of para-hydroxylation sites is 1. The van der Waals surface area contributed by atoms with Gasteiger partial charge in [0.05, 0.1) is 22.1 Å². The number of nitrogens with one attached hydrogen (secondary N) is 1. The lowest BCUT2D eigenvalue weighted by molar-refractivity contribution is -0.384. The summed E-state index contributed by atoms with van der Waals surface area (Å²) in [6, 6.07) is 18.0. The van der Waals surface area contributed by atoms with Crippen LogP contribution in [0.5, 0.6) is 0 Å². The number of anilines is 1. The van der Waals surface area contributed by atoms with E-state index in [1.54, 1.807) is 12.1 Å². The zero-order chi connectivity index (χ0) is 25.8. The summed E-state index contributed by atoms with van der Waals surface area (Å²) in [4.78, 5) is 22.9. The molecule has 0 radical (unpaired) electrons. The summed E-state index contributed by atoms with van der Waals surface area (Å²) in [5, 5.41) is 23.1. The monoisotopic (exact) mass is 525 g/mol. The molecule has 0 aliphatic heterocycles. The minimum Gasteiger partial charge on any atom is -0.323 e.